The van der Waals surface area contributed by atoms with Crippen LogP contribution in [0.5, 0.6) is 5.75 Å². The average Bonchev–Trinajstić information content (AvgIpc) is 2.48. The summed E-state index contributed by atoms with van der Waals surface area (Å²) >= 11 is 5.86. The molecule has 5 nitrogen and oxygen atoms in total. The Morgan fingerprint density at radius 1 is 1.14 bits per heavy atom. The highest BCUT2D eigenvalue weighted by Crippen LogP contribution is 2.22. The van der Waals surface area contributed by atoms with Crippen molar-refractivity contribution in [3.05, 3.63) is 59.1 Å². The average molecular weight is 340 g/mol. The lowest BCUT2D eigenvalue weighted by atomic mass is 10.2. The summed E-state index contributed by atoms with van der Waals surface area (Å²) in [6.07, 6.45) is 0. The Bertz CT molecular complexity index is 790. The van der Waals surface area contributed by atoms with Gasteiger partial charge in [0.2, 0.25) is 0 Å². The van der Waals surface area contributed by atoms with Gasteiger partial charge in [0.25, 0.3) is 15.9 Å². The highest BCUT2D eigenvalue weighted by atomic mass is 35.5. The zero-order chi connectivity index (χ0) is 16.2. The second-order valence-electron chi connectivity index (χ2n) is 4.29. The van der Waals surface area contributed by atoms with Gasteiger partial charge in [-0.3, -0.25) is 4.79 Å². The van der Waals surface area contributed by atoms with Crippen molar-refractivity contribution in [2.24, 2.45) is 0 Å². The number of para-hydroxylation sites is 1. The van der Waals surface area contributed by atoms with Gasteiger partial charge in [0, 0.05) is 0 Å². The molecule has 0 unspecified atom stereocenters. The number of carbonyl (C=O) groups is 1. The maximum absolute atomic E-state index is 12.2. The van der Waals surface area contributed by atoms with Crippen molar-refractivity contribution in [3.63, 3.8) is 0 Å². The lowest BCUT2D eigenvalue weighted by molar-refractivity contribution is 0.0977. The van der Waals surface area contributed by atoms with Gasteiger partial charge in [-0.2, -0.15) is 0 Å². The number of rotatable bonds is 5. The van der Waals surface area contributed by atoms with Gasteiger partial charge < -0.3 is 4.74 Å². The van der Waals surface area contributed by atoms with Crippen molar-refractivity contribution >= 4 is 27.5 Å². The van der Waals surface area contributed by atoms with Crippen LogP contribution in [0.4, 0.5) is 0 Å². The van der Waals surface area contributed by atoms with E-state index in [1.807, 2.05) is 4.72 Å². The van der Waals surface area contributed by atoms with Crippen molar-refractivity contribution in [2.75, 3.05) is 6.61 Å². The first kappa shape index (κ1) is 16.3. The van der Waals surface area contributed by atoms with Gasteiger partial charge in [0.1, 0.15) is 10.6 Å². The molecule has 0 saturated heterocycles. The van der Waals surface area contributed by atoms with Gasteiger partial charge in [-0.1, -0.05) is 35.9 Å². The number of sulfonamides is 1. The predicted molar refractivity (Wildman–Crippen MR) is 83.7 cm³/mol. The first-order valence-corrected chi connectivity index (χ1v) is 8.35. The molecule has 0 radical (unpaired) electrons. The topological polar surface area (TPSA) is 72.5 Å². The Morgan fingerprint density at radius 3 is 2.45 bits per heavy atom. The van der Waals surface area contributed by atoms with Crippen LogP contribution in [0.3, 0.4) is 0 Å². The molecule has 1 N–H and O–H groups in total. The van der Waals surface area contributed by atoms with Gasteiger partial charge in [0.05, 0.1) is 17.2 Å². The van der Waals surface area contributed by atoms with E-state index in [1.54, 1.807) is 31.2 Å². The van der Waals surface area contributed by atoms with Crippen molar-refractivity contribution in [3.8, 4) is 5.75 Å². The van der Waals surface area contributed by atoms with Crippen LogP contribution in [-0.4, -0.2) is 20.9 Å². The van der Waals surface area contributed by atoms with Crippen LogP contribution in [0, 0.1) is 0 Å². The molecule has 0 spiro atoms. The molecule has 0 aromatic heterocycles. The first-order valence-electron chi connectivity index (χ1n) is 6.49. The highest BCUT2D eigenvalue weighted by Gasteiger charge is 2.22. The number of ether oxygens (including phenoxy) is 1. The van der Waals surface area contributed by atoms with Gasteiger partial charge in [-0.15, -0.1) is 0 Å². The van der Waals surface area contributed by atoms with E-state index in [-0.39, 0.29) is 15.5 Å². The molecule has 0 aliphatic heterocycles. The van der Waals surface area contributed by atoms with Crippen LogP contribution in [-0.2, 0) is 10.0 Å². The molecule has 2 aromatic rings. The Morgan fingerprint density at radius 2 is 1.77 bits per heavy atom. The molecule has 0 fully saturated rings. The molecule has 22 heavy (non-hydrogen) atoms. The van der Waals surface area contributed by atoms with E-state index < -0.39 is 15.9 Å². The van der Waals surface area contributed by atoms with Crippen LogP contribution in [0.25, 0.3) is 0 Å². The zero-order valence-electron chi connectivity index (χ0n) is 11.7. The molecule has 2 aromatic carbocycles. The molecular formula is C15H14ClNO4S. The van der Waals surface area contributed by atoms with Crippen molar-refractivity contribution < 1.29 is 17.9 Å². The molecule has 2 rings (SSSR count). The lowest BCUT2D eigenvalue weighted by Crippen LogP contribution is -2.31. The van der Waals surface area contributed by atoms with E-state index in [1.165, 1.54) is 24.3 Å². The van der Waals surface area contributed by atoms with Crippen LogP contribution in [0.2, 0.25) is 5.02 Å². The zero-order valence-corrected chi connectivity index (χ0v) is 13.3. The quantitative estimate of drug-likeness (QED) is 0.909. The molecule has 0 bridgehead atoms. The highest BCUT2D eigenvalue weighted by molar-refractivity contribution is 7.90. The fourth-order valence-electron chi connectivity index (χ4n) is 1.83. The largest absolute Gasteiger partial charge is 0.493 e. The third kappa shape index (κ3) is 3.58. The molecule has 1 amide bonds. The fourth-order valence-corrected chi connectivity index (χ4v) is 3.32. The van der Waals surface area contributed by atoms with E-state index in [4.69, 9.17) is 16.3 Å². The first-order chi connectivity index (χ1) is 10.5. The second-order valence-corrected chi connectivity index (χ2v) is 6.35. The minimum absolute atomic E-state index is 0.0425. The third-order valence-electron chi connectivity index (χ3n) is 2.78. The number of hydrogen-bond donors (Lipinski definition) is 1. The standard InChI is InChI=1S/C15H14ClNO4S/c1-2-21-13-9-5-3-7-11(13)15(18)17-22(19,20)14-10-6-4-8-12(14)16/h3-10H,2H2,1H3,(H,17,18). The number of hydrogen-bond acceptors (Lipinski definition) is 4. The number of benzene rings is 2. The molecule has 0 aliphatic carbocycles. The summed E-state index contributed by atoms with van der Waals surface area (Å²) in [7, 11) is -4.06. The molecule has 7 heteroatoms. The number of halogens is 1. The Hall–Kier alpha value is -2.05. The minimum Gasteiger partial charge on any atom is -0.493 e. The fraction of sp³-hybridized carbons (Fsp3) is 0.133. The van der Waals surface area contributed by atoms with E-state index >= 15 is 0 Å². The third-order valence-corrected chi connectivity index (χ3v) is 4.62. The summed E-state index contributed by atoms with van der Waals surface area (Å²) in [6, 6.07) is 12.3. The SMILES string of the molecule is CCOc1ccccc1C(=O)NS(=O)(=O)c1ccccc1Cl. The molecular weight excluding hydrogens is 326 g/mol. The minimum atomic E-state index is -4.06. The number of nitrogens with one attached hydrogen (secondary N) is 1. The summed E-state index contributed by atoms with van der Waals surface area (Å²) in [5.41, 5.74) is 0.139. The lowest BCUT2D eigenvalue weighted by Gasteiger charge is -2.11. The Kier molecular flexibility index (Phi) is 5.05. The molecule has 0 heterocycles. The smallest absolute Gasteiger partial charge is 0.268 e. The summed E-state index contributed by atoms with van der Waals surface area (Å²) < 4.78 is 31.8. The van der Waals surface area contributed by atoms with Gasteiger partial charge in [-0.05, 0) is 31.2 Å². The molecule has 0 atom stereocenters. The summed E-state index contributed by atoms with van der Waals surface area (Å²) in [5.74, 6) is -0.458. The maximum Gasteiger partial charge on any atom is 0.268 e. The van der Waals surface area contributed by atoms with Crippen LogP contribution in [0.15, 0.2) is 53.4 Å². The van der Waals surface area contributed by atoms with Crippen molar-refractivity contribution in [2.45, 2.75) is 11.8 Å². The normalized spacial score (nSPS) is 11.0. The Balaban J connectivity index is 2.31. The summed E-state index contributed by atoms with van der Waals surface area (Å²) in [4.78, 5) is 12.1. The second kappa shape index (κ2) is 6.81. The van der Waals surface area contributed by atoms with E-state index in [2.05, 4.69) is 0 Å². The molecule has 116 valence electrons. The van der Waals surface area contributed by atoms with Crippen LogP contribution < -0.4 is 9.46 Å². The van der Waals surface area contributed by atoms with E-state index in [0.29, 0.717) is 12.4 Å². The van der Waals surface area contributed by atoms with Crippen molar-refractivity contribution in [1.29, 1.82) is 0 Å². The monoisotopic (exact) mass is 339 g/mol. The Labute approximate surface area is 133 Å². The van der Waals surface area contributed by atoms with Crippen molar-refractivity contribution in [1.82, 2.24) is 4.72 Å². The molecule has 0 aliphatic rings. The number of carbonyl (C=O) groups excluding carboxylic acids is 1. The molecule has 0 saturated carbocycles. The van der Waals surface area contributed by atoms with E-state index in [0.717, 1.165) is 0 Å². The van der Waals surface area contributed by atoms with Crippen LogP contribution >= 0.6 is 11.6 Å². The maximum atomic E-state index is 12.2. The summed E-state index contributed by atoms with van der Waals surface area (Å²) in [6.45, 7) is 2.14. The van der Waals surface area contributed by atoms with E-state index in [9.17, 15) is 13.2 Å². The van der Waals surface area contributed by atoms with Gasteiger partial charge in [0.15, 0.2) is 0 Å². The van der Waals surface area contributed by atoms with Crippen LogP contribution in [0.1, 0.15) is 17.3 Å². The van der Waals surface area contributed by atoms with Gasteiger partial charge in [-0.25, -0.2) is 13.1 Å². The number of amides is 1. The predicted octanol–water partition coefficient (Wildman–Crippen LogP) is 2.86. The van der Waals surface area contributed by atoms with Gasteiger partial charge >= 0.3 is 0 Å². The summed E-state index contributed by atoms with van der Waals surface area (Å²) in [5, 5.41) is 0.0425.